The third kappa shape index (κ3) is 2.13. The first-order valence-corrected chi connectivity index (χ1v) is 5.10. The van der Waals surface area contributed by atoms with E-state index >= 15 is 0 Å². The molecule has 14 heavy (non-hydrogen) atoms. The Hall–Kier alpha value is -0.880. The van der Waals surface area contributed by atoms with Gasteiger partial charge < -0.3 is 4.74 Å². The lowest BCUT2D eigenvalue weighted by Crippen LogP contribution is -1.98. The summed E-state index contributed by atoms with van der Waals surface area (Å²) in [5, 5.41) is -0.127. The molecular formula is C7H5ClF2O3S. The smallest absolute Gasteiger partial charge is 0.335 e. The molecule has 3 nitrogen and oxygen atoms in total. The minimum atomic E-state index is -5.10. The average Bonchev–Trinajstić information content (AvgIpc) is 2.02. The van der Waals surface area contributed by atoms with Crippen LogP contribution in [0.5, 0.6) is 5.75 Å². The zero-order valence-electron chi connectivity index (χ0n) is 6.92. The fourth-order valence-corrected chi connectivity index (χ4v) is 1.62. The Morgan fingerprint density at radius 2 is 2.00 bits per heavy atom. The first-order valence-electron chi connectivity index (χ1n) is 3.34. The number of methoxy groups -OCH3 is 1. The molecule has 0 bridgehead atoms. The third-order valence-electron chi connectivity index (χ3n) is 1.47. The van der Waals surface area contributed by atoms with E-state index in [0.717, 1.165) is 0 Å². The van der Waals surface area contributed by atoms with Gasteiger partial charge in [-0.05, 0) is 6.07 Å². The molecule has 78 valence electrons. The summed E-state index contributed by atoms with van der Waals surface area (Å²) < 4.78 is 50.8. The van der Waals surface area contributed by atoms with Crippen molar-refractivity contribution in [1.82, 2.24) is 0 Å². The van der Waals surface area contributed by atoms with Crippen molar-refractivity contribution in [2.24, 2.45) is 0 Å². The second-order valence-corrected chi connectivity index (χ2v) is 4.08. The number of rotatable bonds is 2. The van der Waals surface area contributed by atoms with Gasteiger partial charge in [0.25, 0.3) is 0 Å². The highest BCUT2D eigenvalue weighted by atomic mass is 35.5. The molecule has 0 aliphatic rings. The van der Waals surface area contributed by atoms with Crippen molar-refractivity contribution in [3.05, 3.63) is 23.0 Å². The summed E-state index contributed by atoms with van der Waals surface area (Å²) >= 11 is 5.47. The maximum absolute atomic E-state index is 12.9. The van der Waals surface area contributed by atoms with Gasteiger partial charge in [0.15, 0.2) is 0 Å². The molecule has 1 aromatic carbocycles. The van der Waals surface area contributed by atoms with Gasteiger partial charge in [0.1, 0.15) is 16.5 Å². The highest BCUT2D eigenvalue weighted by Crippen LogP contribution is 2.30. The molecule has 7 heteroatoms. The third-order valence-corrected chi connectivity index (χ3v) is 2.60. The van der Waals surface area contributed by atoms with Crippen molar-refractivity contribution in [3.63, 3.8) is 0 Å². The Morgan fingerprint density at radius 1 is 1.43 bits per heavy atom. The van der Waals surface area contributed by atoms with E-state index in [1.807, 2.05) is 0 Å². The second kappa shape index (κ2) is 3.70. The van der Waals surface area contributed by atoms with Gasteiger partial charge in [0.2, 0.25) is 0 Å². The van der Waals surface area contributed by atoms with E-state index in [9.17, 15) is 16.7 Å². The highest BCUT2D eigenvalue weighted by Gasteiger charge is 2.20. The van der Waals surface area contributed by atoms with Crippen LogP contribution in [-0.4, -0.2) is 15.5 Å². The van der Waals surface area contributed by atoms with Crippen LogP contribution in [0.1, 0.15) is 0 Å². The monoisotopic (exact) mass is 242 g/mol. The van der Waals surface area contributed by atoms with Crippen molar-refractivity contribution in [2.45, 2.75) is 4.90 Å². The average molecular weight is 243 g/mol. The SMILES string of the molecule is COc1cc(S(=O)(=O)F)c(F)cc1Cl. The van der Waals surface area contributed by atoms with Crippen LogP contribution >= 0.6 is 11.6 Å². The minimum Gasteiger partial charge on any atom is -0.495 e. The maximum Gasteiger partial charge on any atom is 0.335 e. The molecule has 0 saturated carbocycles. The molecule has 0 N–H and O–H groups in total. The van der Waals surface area contributed by atoms with E-state index in [0.29, 0.717) is 12.1 Å². The highest BCUT2D eigenvalue weighted by molar-refractivity contribution is 7.86. The van der Waals surface area contributed by atoms with Gasteiger partial charge in [-0.25, -0.2) is 4.39 Å². The minimum absolute atomic E-state index is 0.107. The van der Waals surface area contributed by atoms with Gasteiger partial charge in [0, 0.05) is 6.07 Å². The summed E-state index contributed by atoms with van der Waals surface area (Å²) in [6.45, 7) is 0. The Kier molecular flexibility index (Phi) is 2.96. The number of hydrogen-bond donors (Lipinski definition) is 0. The van der Waals surface area contributed by atoms with Crippen molar-refractivity contribution >= 4 is 21.8 Å². The van der Waals surface area contributed by atoms with Gasteiger partial charge >= 0.3 is 10.2 Å². The van der Waals surface area contributed by atoms with Crippen LogP contribution in [0.25, 0.3) is 0 Å². The molecule has 0 aromatic heterocycles. The van der Waals surface area contributed by atoms with Crippen LogP contribution in [0, 0.1) is 5.82 Å². The van der Waals surface area contributed by atoms with E-state index in [-0.39, 0.29) is 10.8 Å². The van der Waals surface area contributed by atoms with Crippen molar-refractivity contribution in [1.29, 1.82) is 0 Å². The van der Waals surface area contributed by atoms with Gasteiger partial charge in [-0.15, -0.1) is 3.89 Å². The Labute approximate surface area is 84.5 Å². The summed E-state index contributed by atoms with van der Waals surface area (Å²) in [6.07, 6.45) is 0. The van der Waals surface area contributed by atoms with Gasteiger partial charge in [-0.3, -0.25) is 0 Å². The molecule has 0 aliphatic heterocycles. The summed E-state index contributed by atoms with van der Waals surface area (Å²) in [7, 11) is -3.89. The molecule has 0 unspecified atom stereocenters. The normalized spacial score (nSPS) is 11.4. The van der Waals surface area contributed by atoms with E-state index in [2.05, 4.69) is 4.74 Å². The van der Waals surface area contributed by atoms with E-state index in [4.69, 9.17) is 11.6 Å². The fraction of sp³-hybridized carbons (Fsp3) is 0.143. The van der Waals surface area contributed by atoms with Crippen LogP contribution < -0.4 is 4.74 Å². The lowest BCUT2D eigenvalue weighted by atomic mass is 10.3. The lowest BCUT2D eigenvalue weighted by molar-refractivity contribution is 0.411. The van der Waals surface area contributed by atoms with Crippen LogP contribution in [0.3, 0.4) is 0 Å². The zero-order valence-corrected chi connectivity index (χ0v) is 8.49. The van der Waals surface area contributed by atoms with Gasteiger partial charge in [-0.2, -0.15) is 8.42 Å². The number of ether oxygens (including phenoxy) is 1. The van der Waals surface area contributed by atoms with Crippen LogP contribution in [0.2, 0.25) is 5.02 Å². The molecule has 0 spiro atoms. The van der Waals surface area contributed by atoms with E-state index in [1.165, 1.54) is 7.11 Å². The molecule has 1 aromatic rings. The zero-order chi connectivity index (χ0) is 10.9. The first-order chi connectivity index (χ1) is 6.36. The van der Waals surface area contributed by atoms with E-state index in [1.54, 1.807) is 0 Å². The molecule has 0 aliphatic carbocycles. The Balaban J connectivity index is 3.47. The second-order valence-electron chi connectivity index (χ2n) is 2.36. The lowest BCUT2D eigenvalue weighted by Gasteiger charge is -2.04. The number of halogens is 3. The van der Waals surface area contributed by atoms with Crippen molar-refractivity contribution < 1.29 is 21.4 Å². The van der Waals surface area contributed by atoms with Crippen LogP contribution in [-0.2, 0) is 10.2 Å². The fourth-order valence-electron chi connectivity index (χ4n) is 0.854. The summed E-state index contributed by atoms with van der Waals surface area (Å²) in [6, 6.07) is 1.36. The molecule has 0 atom stereocenters. The van der Waals surface area contributed by atoms with Crippen molar-refractivity contribution in [3.8, 4) is 5.75 Å². The van der Waals surface area contributed by atoms with Crippen molar-refractivity contribution in [2.75, 3.05) is 7.11 Å². The quantitative estimate of drug-likeness (QED) is 0.747. The number of hydrogen-bond acceptors (Lipinski definition) is 3. The largest absolute Gasteiger partial charge is 0.495 e. The molecule has 0 fully saturated rings. The molecule has 0 radical (unpaired) electrons. The molecule has 0 saturated heterocycles. The van der Waals surface area contributed by atoms with Crippen LogP contribution in [0.4, 0.5) is 8.28 Å². The van der Waals surface area contributed by atoms with E-state index < -0.39 is 20.9 Å². The summed E-state index contributed by atoms with van der Waals surface area (Å²) in [4.78, 5) is -1.08. The molecule has 0 heterocycles. The standard InChI is InChI=1S/C7H5ClF2O3S/c1-13-6-3-7(14(10,11)12)5(9)2-4(6)8/h2-3H,1H3. The summed E-state index contributed by atoms with van der Waals surface area (Å²) in [5.41, 5.74) is 0. The van der Waals surface area contributed by atoms with Gasteiger partial charge in [-0.1, -0.05) is 11.6 Å². The molecule has 0 amide bonds. The molecule has 1 rings (SSSR count). The van der Waals surface area contributed by atoms with Crippen LogP contribution in [0.15, 0.2) is 17.0 Å². The predicted molar refractivity (Wildman–Crippen MR) is 46.3 cm³/mol. The Morgan fingerprint density at radius 3 is 2.43 bits per heavy atom. The Bertz CT molecular complexity index is 458. The maximum atomic E-state index is 12.9. The topological polar surface area (TPSA) is 43.4 Å². The van der Waals surface area contributed by atoms with Gasteiger partial charge in [0.05, 0.1) is 12.1 Å². The first kappa shape index (κ1) is 11.2. The molecular weight excluding hydrogens is 238 g/mol. The number of benzene rings is 1. The summed E-state index contributed by atoms with van der Waals surface area (Å²) in [5.74, 6) is -1.36. The predicted octanol–water partition coefficient (Wildman–Crippen LogP) is 2.15.